The first-order valence-corrected chi connectivity index (χ1v) is 11.7. The van der Waals surface area contributed by atoms with E-state index in [-0.39, 0.29) is 35.8 Å². The van der Waals surface area contributed by atoms with Crippen molar-refractivity contribution in [1.29, 1.82) is 0 Å². The van der Waals surface area contributed by atoms with Gasteiger partial charge in [-0.05, 0) is 0 Å². The number of hydrogen-bond donors (Lipinski definition) is 2. The van der Waals surface area contributed by atoms with Crippen LogP contribution in [0.2, 0.25) is 0 Å². The molecule has 4 rings (SSSR count). The Bertz CT molecular complexity index is 1400. The maximum absolute atomic E-state index is 12.4. The molecular weight excluding hydrogens is 502 g/mol. The second-order valence-electron chi connectivity index (χ2n) is 8.90. The van der Waals surface area contributed by atoms with Crippen LogP contribution in [-0.2, 0) is 14.2 Å². The fourth-order valence-corrected chi connectivity index (χ4v) is 4.03. The number of nitro benzene ring substituents is 1. The normalized spacial score (nSPS) is 20.1. The topological polar surface area (TPSA) is 187 Å². The number of aliphatic hydroxyl groups excluding tert-OH is 1. The zero-order valence-electron chi connectivity index (χ0n) is 20.9. The number of benzene rings is 1. The first kappa shape index (κ1) is 26.7. The summed E-state index contributed by atoms with van der Waals surface area (Å²) in [4.78, 5) is 52.4. The highest BCUT2D eigenvalue weighted by molar-refractivity contribution is 5.71. The minimum Gasteiger partial charge on any atom is -0.434 e. The number of hydrogen-bond acceptors (Lipinski definition) is 11. The van der Waals surface area contributed by atoms with E-state index in [0.717, 1.165) is 0 Å². The molecule has 1 aliphatic heterocycles. The predicted octanol–water partition coefficient (Wildman–Crippen LogP) is 1.85. The van der Waals surface area contributed by atoms with Crippen molar-refractivity contribution < 1.29 is 29.0 Å². The van der Waals surface area contributed by atoms with Crippen LogP contribution < -0.4 is 5.56 Å². The Morgan fingerprint density at radius 1 is 1.45 bits per heavy atom. The molecule has 0 aliphatic carbocycles. The van der Waals surface area contributed by atoms with E-state index in [1.54, 1.807) is 44.1 Å². The highest BCUT2D eigenvalue weighted by Crippen LogP contribution is 2.33. The smallest absolute Gasteiger partial charge is 0.434 e. The molecule has 2 N–H and O–H groups in total. The van der Waals surface area contributed by atoms with Crippen molar-refractivity contribution >= 4 is 35.3 Å². The van der Waals surface area contributed by atoms with Crippen LogP contribution in [0.5, 0.6) is 0 Å². The number of nitrogens with zero attached hydrogens (tertiary/aromatic N) is 6. The number of aliphatic hydroxyl groups is 1. The quantitative estimate of drug-likeness (QED) is 0.135. The van der Waals surface area contributed by atoms with Crippen LogP contribution in [0.4, 0.5) is 16.4 Å². The molecule has 0 saturated carbocycles. The summed E-state index contributed by atoms with van der Waals surface area (Å²) >= 11 is 0. The van der Waals surface area contributed by atoms with Gasteiger partial charge in [0.1, 0.15) is 25.0 Å². The molecule has 1 unspecified atom stereocenters. The summed E-state index contributed by atoms with van der Waals surface area (Å²) in [6.45, 7) is 1.09. The number of H-pyrrole nitrogens is 1. The van der Waals surface area contributed by atoms with Crippen molar-refractivity contribution in [3.63, 3.8) is 0 Å². The lowest BCUT2D eigenvalue weighted by Crippen LogP contribution is -2.30. The predicted molar refractivity (Wildman–Crippen MR) is 133 cm³/mol. The van der Waals surface area contributed by atoms with E-state index < -0.39 is 47.6 Å². The molecule has 0 radical (unpaired) electrons. The maximum Gasteiger partial charge on any atom is 0.508 e. The molecule has 1 aromatic carbocycles. The second-order valence-corrected chi connectivity index (χ2v) is 8.90. The van der Waals surface area contributed by atoms with E-state index in [2.05, 4.69) is 19.9 Å². The number of rotatable bonds is 9. The summed E-state index contributed by atoms with van der Waals surface area (Å²) in [7, 11) is 3.53. The average Bonchev–Trinajstić information content (AvgIpc) is 3.50. The lowest BCUT2D eigenvalue weighted by molar-refractivity contribution is -0.385. The van der Waals surface area contributed by atoms with Gasteiger partial charge < -0.3 is 24.2 Å². The third-order valence-electron chi connectivity index (χ3n) is 5.86. The number of imidazole rings is 1. The van der Waals surface area contributed by atoms with Crippen molar-refractivity contribution in [3.8, 4) is 0 Å². The molecule has 3 aromatic rings. The summed E-state index contributed by atoms with van der Waals surface area (Å²) in [5.74, 6) is -0.394. The van der Waals surface area contributed by atoms with Crippen LogP contribution in [0.3, 0.4) is 0 Å². The first-order valence-electron chi connectivity index (χ1n) is 11.7. The number of aliphatic imine (C=N–C) groups is 1. The lowest BCUT2D eigenvalue weighted by atomic mass is 10.0. The van der Waals surface area contributed by atoms with E-state index in [0.29, 0.717) is 5.56 Å². The maximum atomic E-state index is 12.4. The summed E-state index contributed by atoms with van der Waals surface area (Å²) < 4.78 is 18.0. The van der Waals surface area contributed by atoms with Crippen molar-refractivity contribution in [2.24, 2.45) is 4.99 Å². The number of aromatic amines is 1. The minimum absolute atomic E-state index is 0.0683. The van der Waals surface area contributed by atoms with Crippen LogP contribution >= 0.6 is 0 Å². The number of carbonyl (C=O) groups is 1. The number of nitrogens with one attached hydrogen (secondary N) is 1. The number of carbonyl (C=O) groups excluding carboxylic acids is 1. The first-order chi connectivity index (χ1) is 18.2. The number of fused-ring (bicyclic) bond motifs is 1. The Balaban J connectivity index is 1.44. The fraction of sp³-hybridized carbons (Fsp3) is 0.435. The minimum atomic E-state index is -1.01. The Kier molecular flexibility index (Phi) is 7.97. The highest BCUT2D eigenvalue weighted by atomic mass is 16.7. The summed E-state index contributed by atoms with van der Waals surface area (Å²) in [6, 6.07) is 6.20. The van der Waals surface area contributed by atoms with Gasteiger partial charge in [-0.15, -0.1) is 0 Å². The van der Waals surface area contributed by atoms with E-state index in [4.69, 9.17) is 14.2 Å². The van der Waals surface area contributed by atoms with Gasteiger partial charge in [0.25, 0.3) is 11.2 Å². The average molecular weight is 530 g/mol. The van der Waals surface area contributed by atoms with Crippen LogP contribution in [0.1, 0.15) is 31.1 Å². The molecule has 38 heavy (non-hydrogen) atoms. The van der Waals surface area contributed by atoms with E-state index in [1.165, 1.54) is 23.3 Å². The zero-order valence-corrected chi connectivity index (χ0v) is 20.9. The van der Waals surface area contributed by atoms with Crippen molar-refractivity contribution in [1.82, 2.24) is 24.4 Å². The molecule has 15 heteroatoms. The lowest BCUT2D eigenvalue weighted by Gasteiger charge is -2.17. The number of ether oxygens (including phenoxy) is 3. The van der Waals surface area contributed by atoms with Gasteiger partial charge in [-0.25, -0.2) is 14.8 Å². The van der Waals surface area contributed by atoms with E-state index >= 15 is 0 Å². The summed E-state index contributed by atoms with van der Waals surface area (Å²) in [5, 5.41) is 21.1. The van der Waals surface area contributed by atoms with Crippen LogP contribution in [-0.4, -0.2) is 86.5 Å². The SMILES string of the molecule is CC(COC(=O)O[C@H]1C[C@H](n2cnc3c(=O)[nH]c(N=CN(C)C)nc32)O[C@@H]1CO)c1ccccc1[N+](=O)[O-]. The van der Waals surface area contributed by atoms with Crippen LogP contribution in [0.15, 0.2) is 40.4 Å². The molecule has 0 amide bonds. The Labute approximate surface area is 215 Å². The van der Waals surface area contributed by atoms with E-state index in [9.17, 15) is 24.8 Å². The molecule has 15 nitrogen and oxygen atoms in total. The summed E-state index contributed by atoms with van der Waals surface area (Å²) in [6.07, 6.45) is -0.522. The molecular formula is C23H27N7O8. The van der Waals surface area contributed by atoms with Gasteiger partial charge in [0, 0.05) is 38.1 Å². The Morgan fingerprint density at radius 3 is 2.92 bits per heavy atom. The Morgan fingerprint density at radius 2 is 2.21 bits per heavy atom. The number of nitro groups is 1. The second kappa shape index (κ2) is 11.4. The van der Waals surface area contributed by atoms with Gasteiger partial charge in [-0.2, -0.15) is 4.98 Å². The van der Waals surface area contributed by atoms with Crippen LogP contribution in [0.25, 0.3) is 11.2 Å². The van der Waals surface area contributed by atoms with Gasteiger partial charge in [0.2, 0.25) is 5.95 Å². The molecule has 202 valence electrons. The standard InChI is InChI=1S/C23H27N7O8/c1-13(14-6-4-5-7-15(14)30(34)35)10-36-23(33)38-16-8-18(37-17(16)9-31)29-12-24-19-20(29)26-22(27-21(19)32)25-11-28(2)3/h4-7,11-13,16-18,31H,8-10H2,1-3H3,(H,26,27,32)/t13?,16-,17+,18+/m0/s1. The third kappa shape index (κ3) is 5.78. The third-order valence-corrected chi connectivity index (χ3v) is 5.86. The van der Waals surface area contributed by atoms with Gasteiger partial charge in [-0.3, -0.25) is 24.5 Å². The molecule has 0 bridgehead atoms. The Hall–Kier alpha value is -4.37. The van der Waals surface area contributed by atoms with Crippen molar-refractivity contribution in [3.05, 3.63) is 56.6 Å². The zero-order chi connectivity index (χ0) is 27.4. The van der Waals surface area contributed by atoms with Gasteiger partial charge in [-0.1, -0.05) is 25.1 Å². The van der Waals surface area contributed by atoms with Gasteiger partial charge in [0.05, 0.1) is 24.2 Å². The van der Waals surface area contributed by atoms with Gasteiger partial charge in [0.15, 0.2) is 11.2 Å². The van der Waals surface area contributed by atoms with Crippen LogP contribution in [0, 0.1) is 10.1 Å². The molecule has 1 saturated heterocycles. The van der Waals surface area contributed by atoms with Crippen molar-refractivity contribution in [2.45, 2.75) is 37.7 Å². The van der Waals surface area contributed by atoms with Gasteiger partial charge >= 0.3 is 6.16 Å². The molecule has 2 aromatic heterocycles. The largest absolute Gasteiger partial charge is 0.508 e. The molecule has 3 heterocycles. The summed E-state index contributed by atoms with van der Waals surface area (Å²) in [5.41, 5.74) is 0.153. The molecule has 1 aliphatic rings. The molecule has 0 spiro atoms. The number of aromatic nitrogens is 4. The van der Waals surface area contributed by atoms with Crippen molar-refractivity contribution in [2.75, 3.05) is 27.3 Å². The number of para-hydroxylation sites is 1. The fourth-order valence-electron chi connectivity index (χ4n) is 4.03. The highest BCUT2D eigenvalue weighted by Gasteiger charge is 2.40. The molecule has 4 atom stereocenters. The monoisotopic (exact) mass is 529 g/mol. The molecule has 1 fully saturated rings. The van der Waals surface area contributed by atoms with E-state index in [1.807, 2.05) is 0 Å².